The highest BCUT2D eigenvalue weighted by Crippen LogP contribution is 2.36. The fourth-order valence-corrected chi connectivity index (χ4v) is 4.42. The molecule has 1 aromatic carbocycles. The maximum absolute atomic E-state index is 4.45. The van der Waals surface area contributed by atoms with Crippen molar-refractivity contribution in [3.05, 3.63) is 65.5 Å². The molecule has 4 rings (SSSR count). The monoisotopic (exact) mass is 335 g/mol. The van der Waals surface area contributed by atoms with Crippen LogP contribution < -0.4 is 5.32 Å². The Hall–Kier alpha value is -1.71. The summed E-state index contributed by atoms with van der Waals surface area (Å²) in [7, 11) is 0. The summed E-state index contributed by atoms with van der Waals surface area (Å²) < 4.78 is 0. The van der Waals surface area contributed by atoms with Gasteiger partial charge in [-0.15, -0.1) is 0 Å². The number of benzene rings is 1. The maximum atomic E-state index is 4.45. The van der Waals surface area contributed by atoms with Crippen LogP contribution in [0.3, 0.4) is 0 Å². The van der Waals surface area contributed by atoms with E-state index in [4.69, 9.17) is 0 Å². The standard InChI is InChI=1S/C22H29N3/c1-22(14-18-6-2-3-7-19(18)15-22)17-24-20-9-12-25(13-10-20)16-21-8-4-5-11-23-21/h2-8,11,20,24H,9-10,12-17H2,1H3. The third kappa shape index (κ3) is 4.10. The molecule has 0 unspecified atom stereocenters. The van der Waals surface area contributed by atoms with Gasteiger partial charge in [-0.1, -0.05) is 37.3 Å². The first kappa shape index (κ1) is 16.7. The summed E-state index contributed by atoms with van der Waals surface area (Å²) in [5, 5.41) is 3.88. The Balaban J connectivity index is 1.23. The lowest BCUT2D eigenvalue weighted by atomic mass is 9.86. The van der Waals surface area contributed by atoms with Crippen molar-refractivity contribution in [1.29, 1.82) is 0 Å². The number of likely N-dealkylation sites (tertiary alicyclic amines) is 1. The molecule has 3 nitrogen and oxygen atoms in total. The zero-order valence-corrected chi connectivity index (χ0v) is 15.2. The van der Waals surface area contributed by atoms with Gasteiger partial charge in [0.15, 0.2) is 0 Å². The number of rotatable bonds is 5. The molecule has 1 aliphatic carbocycles. The largest absolute Gasteiger partial charge is 0.313 e. The minimum atomic E-state index is 0.384. The lowest BCUT2D eigenvalue weighted by molar-refractivity contribution is 0.178. The van der Waals surface area contributed by atoms with Crippen LogP contribution in [0.5, 0.6) is 0 Å². The second-order valence-corrected chi connectivity index (χ2v) is 8.19. The topological polar surface area (TPSA) is 28.2 Å². The molecule has 3 heteroatoms. The Morgan fingerprint density at radius 3 is 2.36 bits per heavy atom. The molecule has 2 heterocycles. The Labute approximate surface area is 151 Å². The Morgan fingerprint density at radius 1 is 1.04 bits per heavy atom. The number of nitrogens with zero attached hydrogens (tertiary/aromatic N) is 2. The molecule has 0 radical (unpaired) electrons. The number of pyridine rings is 1. The molecular weight excluding hydrogens is 306 g/mol. The van der Waals surface area contributed by atoms with Crippen LogP contribution in [-0.2, 0) is 19.4 Å². The van der Waals surface area contributed by atoms with Gasteiger partial charge in [0.05, 0.1) is 5.69 Å². The third-order valence-electron chi connectivity index (χ3n) is 5.87. The van der Waals surface area contributed by atoms with Gasteiger partial charge in [0, 0.05) is 38.4 Å². The molecule has 0 amide bonds. The van der Waals surface area contributed by atoms with Crippen LogP contribution in [-0.4, -0.2) is 35.6 Å². The van der Waals surface area contributed by atoms with Gasteiger partial charge in [-0.3, -0.25) is 9.88 Å². The second kappa shape index (κ2) is 7.27. The third-order valence-corrected chi connectivity index (χ3v) is 5.87. The highest BCUT2D eigenvalue weighted by atomic mass is 15.1. The van der Waals surface area contributed by atoms with Gasteiger partial charge in [0.1, 0.15) is 0 Å². The molecule has 1 aliphatic heterocycles. The lowest BCUT2D eigenvalue weighted by Gasteiger charge is -2.34. The molecule has 25 heavy (non-hydrogen) atoms. The highest BCUT2D eigenvalue weighted by Gasteiger charge is 2.33. The van der Waals surface area contributed by atoms with Crippen LogP contribution in [0.1, 0.15) is 36.6 Å². The first-order chi connectivity index (χ1) is 12.2. The molecule has 2 aliphatic rings. The van der Waals surface area contributed by atoms with E-state index in [1.807, 2.05) is 12.3 Å². The highest BCUT2D eigenvalue weighted by molar-refractivity contribution is 5.34. The van der Waals surface area contributed by atoms with Crippen molar-refractivity contribution in [3.8, 4) is 0 Å². The van der Waals surface area contributed by atoms with Crippen molar-refractivity contribution in [2.45, 2.75) is 45.2 Å². The van der Waals surface area contributed by atoms with Gasteiger partial charge >= 0.3 is 0 Å². The first-order valence-electron chi connectivity index (χ1n) is 9.63. The van der Waals surface area contributed by atoms with E-state index in [0.29, 0.717) is 11.5 Å². The van der Waals surface area contributed by atoms with Crippen LogP contribution in [0.4, 0.5) is 0 Å². The van der Waals surface area contributed by atoms with E-state index in [0.717, 1.165) is 13.1 Å². The number of hydrogen-bond acceptors (Lipinski definition) is 3. The van der Waals surface area contributed by atoms with Gasteiger partial charge in [0.25, 0.3) is 0 Å². The number of nitrogens with one attached hydrogen (secondary N) is 1. The first-order valence-corrected chi connectivity index (χ1v) is 9.63. The fourth-order valence-electron chi connectivity index (χ4n) is 4.42. The summed E-state index contributed by atoms with van der Waals surface area (Å²) >= 11 is 0. The Bertz CT molecular complexity index is 664. The predicted molar refractivity (Wildman–Crippen MR) is 102 cm³/mol. The van der Waals surface area contributed by atoms with Crippen molar-refractivity contribution < 1.29 is 0 Å². The van der Waals surface area contributed by atoms with E-state index in [2.05, 4.69) is 58.5 Å². The molecule has 132 valence electrons. The summed E-state index contributed by atoms with van der Waals surface area (Å²) in [6.07, 6.45) is 6.82. The Kier molecular flexibility index (Phi) is 4.87. The van der Waals surface area contributed by atoms with E-state index < -0.39 is 0 Å². The molecule has 2 aromatic rings. The minimum Gasteiger partial charge on any atom is -0.313 e. The summed E-state index contributed by atoms with van der Waals surface area (Å²) in [5.41, 5.74) is 4.67. The van der Waals surface area contributed by atoms with Gasteiger partial charge in [0.2, 0.25) is 0 Å². The minimum absolute atomic E-state index is 0.384. The van der Waals surface area contributed by atoms with Crippen molar-refractivity contribution in [3.63, 3.8) is 0 Å². The van der Waals surface area contributed by atoms with Crippen LogP contribution >= 0.6 is 0 Å². The van der Waals surface area contributed by atoms with Crippen LogP contribution in [0.15, 0.2) is 48.7 Å². The maximum Gasteiger partial charge on any atom is 0.0543 e. The molecule has 0 bridgehead atoms. The molecule has 1 aromatic heterocycles. The van der Waals surface area contributed by atoms with E-state index in [-0.39, 0.29) is 0 Å². The second-order valence-electron chi connectivity index (χ2n) is 8.19. The van der Waals surface area contributed by atoms with Crippen LogP contribution in [0, 0.1) is 5.41 Å². The molecule has 1 N–H and O–H groups in total. The van der Waals surface area contributed by atoms with Gasteiger partial charge in [-0.25, -0.2) is 0 Å². The van der Waals surface area contributed by atoms with E-state index in [9.17, 15) is 0 Å². The fraction of sp³-hybridized carbons (Fsp3) is 0.500. The van der Waals surface area contributed by atoms with Gasteiger partial charge in [-0.2, -0.15) is 0 Å². The molecular formula is C22H29N3. The molecule has 0 atom stereocenters. The van der Waals surface area contributed by atoms with Crippen molar-refractivity contribution in [2.75, 3.05) is 19.6 Å². The average Bonchev–Trinajstić information content (AvgIpc) is 2.99. The Morgan fingerprint density at radius 2 is 1.72 bits per heavy atom. The van der Waals surface area contributed by atoms with E-state index in [1.165, 1.54) is 44.5 Å². The summed E-state index contributed by atoms with van der Waals surface area (Å²) in [5.74, 6) is 0. The predicted octanol–water partition coefficient (Wildman–Crippen LogP) is 3.44. The van der Waals surface area contributed by atoms with Gasteiger partial charge in [-0.05, 0) is 54.4 Å². The van der Waals surface area contributed by atoms with Crippen molar-refractivity contribution in [1.82, 2.24) is 15.2 Å². The summed E-state index contributed by atoms with van der Waals surface area (Å²) in [6.45, 7) is 6.90. The van der Waals surface area contributed by atoms with E-state index in [1.54, 1.807) is 11.1 Å². The average molecular weight is 335 g/mol. The van der Waals surface area contributed by atoms with Gasteiger partial charge < -0.3 is 5.32 Å². The number of hydrogen-bond donors (Lipinski definition) is 1. The molecule has 0 spiro atoms. The number of aromatic nitrogens is 1. The normalized spacial score (nSPS) is 20.5. The molecule has 1 saturated heterocycles. The summed E-state index contributed by atoms with van der Waals surface area (Å²) in [4.78, 5) is 6.99. The SMILES string of the molecule is CC1(CNC2CCN(Cc3ccccn3)CC2)Cc2ccccc2C1. The van der Waals surface area contributed by atoms with Crippen molar-refractivity contribution >= 4 is 0 Å². The number of fused-ring (bicyclic) bond motifs is 1. The summed E-state index contributed by atoms with van der Waals surface area (Å²) in [6, 6.07) is 15.8. The van der Waals surface area contributed by atoms with Crippen molar-refractivity contribution in [2.24, 2.45) is 5.41 Å². The lowest BCUT2D eigenvalue weighted by Crippen LogP contribution is -2.45. The quantitative estimate of drug-likeness (QED) is 0.907. The smallest absolute Gasteiger partial charge is 0.0543 e. The van der Waals surface area contributed by atoms with Crippen LogP contribution in [0.2, 0.25) is 0 Å². The van der Waals surface area contributed by atoms with Crippen LogP contribution in [0.25, 0.3) is 0 Å². The molecule has 1 fully saturated rings. The zero-order chi connectivity index (χ0) is 17.1. The van der Waals surface area contributed by atoms with E-state index >= 15 is 0 Å². The number of piperidine rings is 1. The molecule has 0 saturated carbocycles. The zero-order valence-electron chi connectivity index (χ0n) is 15.2.